The fraction of sp³-hybridized carbons (Fsp3) is 0.500. The number of ether oxygens (including phenoxy) is 1. The molecular formula is C12H15NO2S. The summed E-state index contributed by atoms with van der Waals surface area (Å²) in [6.07, 6.45) is 7.43. The van der Waals surface area contributed by atoms with Gasteiger partial charge in [-0.25, -0.2) is 9.78 Å². The zero-order valence-corrected chi connectivity index (χ0v) is 9.91. The van der Waals surface area contributed by atoms with Crippen LogP contribution in [0.25, 0.3) is 0 Å². The number of aromatic nitrogens is 1. The summed E-state index contributed by atoms with van der Waals surface area (Å²) < 4.78 is 5.38. The average molecular weight is 237 g/mol. The van der Waals surface area contributed by atoms with Crippen LogP contribution in [0.4, 0.5) is 4.79 Å². The lowest BCUT2D eigenvalue weighted by atomic mass is 9.98. The molecule has 0 saturated heterocycles. The smallest absolute Gasteiger partial charge is 0.373 e. The summed E-state index contributed by atoms with van der Waals surface area (Å²) in [5.74, 6) is 0. The van der Waals surface area contributed by atoms with E-state index >= 15 is 0 Å². The monoisotopic (exact) mass is 237 g/mol. The third kappa shape index (κ3) is 3.52. The van der Waals surface area contributed by atoms with Gasteiger partial charge in [-0.3, -0.25) is 0 Å². The summed E-state index contributed by atoms with van der Waals surface area (Å²) in [5.41, 5.74) is 0. The molecule has 86 valence electrons. The first-order valence-electron chi connectivity index (χ1n) is 5.64. The van der Waals surface area contributed by atoms with E-state index < -0.39 is 0 Å². The van der Waals surface area contributed by atoms with Crippen molar-refractivity contribution in [3.8, 4) is 0 Å². The van der Waals surface area contributed by atoms with Crippen molar-refractivity contribution in [2.75, 3.05) is 0 Å². The number of hydrogen-bond donors (Lipinski definition) is 0. The van der Waals surface area contributed by atoms with E-state index in [0.29, 0.717) is 5.03 Å². The van der Waals surface area contributed by atoms with Crippen LogP contribution in [0.3, 0.4) is 0 Å². The van der Waals surface area contributed by atoms with E-state index in [1.165, 1.54) is 19.3 Å². The lowest BCUT2D eigenvalue weighted by Gasteiger charge is -2.21. The van der Waals surface area contributed by atoms with Gasteiger partial charge in [-0.2, -0.15) is 0 Å². The van der Waals surface area contributed by atoms with Crippen LogP contribution in [0.15, 0.2) is 29.4 Å². The average Bonchev–Trinajstić information content (AvgIpc) is 2.31. The third-order valence-corrected chi connectivity index (χ3v) is 3.35. The molecule has 1 aromatic heterocycles. The Morgan fingerprint density at radius 3 is 2.81 bits per heavy atom. The molecule has 0 aromatic carbocycles. The van der Waals surface area contributed by atoms with Gasteiger partial charge >= 0.3 is 5.30 Å². The van der Waals surface area contributed by atoms with Gasteiger partial charge in [-0.1, -0.05) is 12.5 Å². The van der Waals surface area contributed by atoms with Crippen LogP contribution in [0.5, 0.6) is 0 Å². The van der Waals surface area contributed by atoms with Gasteiger partial charge in [0.15, 0.2) is 0 Å². The molecule has 0 atom stereocenters. The summed E-state index contributed by atoms with van der Waals surface area (Å²) in [4.78, 5) is 15.7. The predicted octanol–water partition coefficient (Wildman–Crippen LogP) is 3.64. The van der Waals surface area contributed by atoms with Crippen LogP contribution in [0.2, 0.25) is 0 Å². The number of nitrogens with zero attached hydrogens (tertiary/aromatic N) is 1. The molecule has 0 radical (unpaired) electrons. The second-order valence-corrected chi connectivity index (χ2v) is 4.85. The van der Waals surface area contributed by atoms with Gasteiger partial charge in [-0.15, -0.1) is 0 Å². The molecule has 3 nitrogen and oxygen atoms in total. The SMILES string of the molecule is O=C(OC1CCCCC1)Sc1ccccn1. The zero-order valence-electron chi connectivity index (χ0n) is 9.09. The molecule has 1 aliphatic rings. The largest absolute Gasteiger partial charge is 0.454 e. The van der Waals surface area contributed by atoms with E-state index in [1.807, 2.05) is 18.2 Å². The maximum absolute atomic E-state index is 11.6. The molecule has 1 saturated carbocycles. The molecule has 0 unspecified atom stereocenters. The number of hydrogen-bond acceptors (Lipinski definition) is 4. The minimum Gasteiger partial charge on any atom is -0.454 e. The van der Waals surface area contributed by atoms with Crippen molar-refractivity contribution < 1.29 is 9.53 Å². The summed E-state index contributed by atoms with van der Waals surface area (Å²) >= 11 is 1.06. The highest BCUT2D eigenvalue weighted by Gasteiger charge is 2.18. The molecule has 0 amide bonds. The first-order chi connectivity index (χ1) is 7.84. The van der Waals surface area contributed by atoms with Crippen LogP contribution in [0.1, 0.15) is 32.1 Å². The Morgan fingerprint density at radius 1 is 1.31 bits per heavy atom. The number of pyridine rings is 1. The number of rotatable bonds is 2. The van der Waals surface area contributed by atoms with Crippen molar-refractivity contribution in [1.82, 2.24) is 4.98 Å². The Labute approximate surface area is 99.6 Å². The highest BCUT2D eigenvalue weighted by atomic mass is 32.2. The highest BCUT2D eigenvalue weighted by molar-refractivity contribution is 8.13. The minimum atomic E-state index is -0.231. The van der Waals surface area contributed by atoms with Gasteiger partial charge in [0.25, 0.3) is 0 Å². The van der Waals surface area contributed by atoms with Crippen LogP contribution < -0.4 is 0 Å². The molecular weight excluding hydrogens is 222 g/mol. The minimum absolute atomic E-state index is 0.123. The van der Waals surface area contributed by atoms with E-state index in [9.17, 15) is 4.79 Å². The fourth-order valence-corrected chi connectivity index (χ4v) is 2.45. The van der Waals surface area contributed by atoms with E-state index in [2.05, 4.69) is 4.98 Å². The van der Waals surface area contributed by atoms with Crippen LogP contribution in [0, 0.1) is 0 Å². The van der Waals surface area contributed by atoms with Gasteiger partial charge in [0.2, 0.25) is 0 Å². The molecule has 0 N–H and O–H groups in total. The predicted molar refractivity (Wildman–Crippen MR) is 63.4 cm³/mol. The molecule has 16 heavy (non-hydrogen) atoms. The Balaban J connectivity index is 1.80. The summed E-state index contributed by atoms with van der Waals surface area (Å²) in [6.45, 7) is 0. The van der Waals surface area contributed by atoms with Gasteiger partial charge < -0.3 is 4.74 Å². The molecule has 2 rings (SSSR count). The van der Waals surface area contributed by atoms with Gasteiger partial charge in [0, 0.05) is 18.0 Å². The van der Waals surface area contributed by atoms with Crippen LogP contribution in [-0.4, -0.2) is 16.4 Å². The lowest BCUT2D eigenvalue weighted by molar-refractivity contribution is 0.0967. The van der Waals surface area contributed by atoms with Crippen molar-refractivity contribution in [3.05, 3.63) is 24.4 Å². The molecule has 1 aliphatic carbocycles. The summed E-state index contributed by atoms with van der Waals surface area (Å²) in [6, 6.07) is 5.51. The Morgan fingerprint density at radius 2 is 2.12 bits per heavy atom. The second-order valence-electron chi connectivity index (χ2n) is 3.90. The third-order valence-electron chi connectivity index (χ3n) is 2.64. The van der Waals surface area contributed by atoms with Crippen molar-refractivity contribution in [3.63, 3.8) is 0 Å². The standard InChI is InChI=1S/C12H15NO2S/c14-12(15-10-6-2-1-3-7-10)16-11-8-4-5-9-13-11/h4-5,8-10H,1-3,6-7H2. The van der Waals surface area contributed by atoms with Crippen molar-refractivity contribution in [2.45, 2.75) is 43.2 Å². The lowest BCUT2D eigenvalue weighted by Crippen LogP contribution is -2.18. The zero-order chi connectivity index (χ0) is 11.2. The van der Waals surface area contributed by atoms with Gasteiger partial charge in [0.05, 0.1) is 0 Å². The van der Waals surface area contributed by atoms with Crippen LogP contribution in [-0.2, 0) is 4.74 Å². The van der Waals surface area contributed by atoms with Crippen LogP contribution >= 0.6 is 11.8 Å². The van der Waals surface area contributed by atoms with E-state index in [1.54, 1.807) is 6.20 Å². The molecule has 1 heterocycles. The van der Waals surface area contributed by atoms with E-state index in [-0.39, 0.29) is 11.4 Å². The number of carbonyl (C=O) groups excluding carboxylic acids is 1. The van der Waals surface area contributed by atoms with E-state index in [4.69, 9.17) is 4.74 Å². The molecule has 0 spiro atoms. The number of thioether (sulfide) groups is 1. The molecule has 1 fully saturated rings. The highest BCUT2D eigenvalue weighted by Crippen LogP contribution is 2.24. The Kier molecular flexibility index (Phi) is 4.22. The maximum atomic E-state index is 11.6. The first-order valence-corrected chi connectivity index (χ1v) is 6.46. The molecule has 0 aliphatic heterocycles. The topological polar surface area (TPSA) is 39.2 Å². The summed E-state index contributed by atoms with van der Waals surface area (Å²) in [7, 11) is 0. The second kappa shape index (κ2) is 5.89. The van der Waals surface area contributed by atoms with Crippen molar-refractivity contribution in [1.29, 1.82) is 0 Å². The van der Waals surface area contributed by atoms with Gasteiger partial charge in [-0.05, 0) is 37.8 Å². The Bertz CT molecular complexity index is 336. The number of carbonyl (C=O) groups is 1. The first kappa shape index (κ1) is 11.5. The normalized spacial score (nSPS) is 17.0. The Hall–Kier alpha value is -1.03. The van der Waals surface area contributed by atoms with Crippen molar-refractivity contribution in [2.24, 2.45) is 0 Å². The maximum Gasteiger partial charge on any atom is 0.373 e. The molecule has 4 heteroatoms. The fourth-order valence-electron chi connectivity index (χ4n) is 1.84. The van der Waals surface area contributed by atoms with Crippen molar-refractivity contribution >= 4 is 17.1 Å². The van der Waals surface area contributed by atoms with E-state index in [0.717, 1.165) is 24.6 Å². The molecule has 1 aromatic rings. The quantitative estimate of drug-likeness (QED) is 0.581. The molecule has 0 bridgehead atoms. The van der Waals surface area contributed by atoms with Gasteiger partial charge in [0.1, 0.15) is 11.1 Å². The summed E-state index contributed by atoms with van der Waals surface area (Å²) in [5, 5.41) is 0.467.